The van der Waals surface area contributed by atoms with Gasteiger partial charge < -0.3 is 5.32 Å². The fourth-order valence-corrected chi connectivity index (χ4v) is 5.43. The molecule has 2 rings (SSSR count). The molecule has 0 bridgehead atoms. The quantitative estimate of drug-likeness (QED) is 0.745. The van der Waals surface area contributed by atoms with Gasteiger partial charge >= 0.3 is 0 Å². The zero-order chi connectivity index (χ0) is 15.5. The minimum absolute atomic E-state index is 0.0255. The van der Waals surface area contributed by atoms with Gasteiger partial charge in [0, 0.05) is 30.6 Å². The molecule has 1 aliphatic rings. The molecule has 7 heteroatoms. The Hall–Kier alpha value is -0.0800. The number of rotatable bonds is 9. The lowest BCUT2D eigenvalue weighted by Crippen LogP contribution is -2.35. The molecule has 21 heavy (non-hydrogen) atoms. The number of hydrogen-bond donors (Lipinski definition) is 1. The van der Waals surface area contributed by atoms with Crippen LogP contribution in [0.1, 0.15) is 31.1 Å². The highest BCUT2D eigenvalue weighted by atomic mass is 32.2. The van der Waals surface area contributed by atoms with Gasteiger partial charge in [-0.15, -0.1) is 11.3 Å². The molecule has 0 spiro atoms. The van der Waals surface area contributed by atoms with Crippen LogP contribution in [0, 0.1) is 0 Å². The summed E-state index contributed by atoms with van der Waals surface area (Å²) in [6.07, 6.45) is 5.40. The van der Waals surface area contributed by atoms with Crippen molar-refractivity contribution in [3.63, 3.8) is 0 Å². The van der Waals surface area contributed by atoms with Crippen LogP contribution in [0.4, 0.5) is 0 Å². The Morgan fingerprint density at radius 2 is 2.19 bits per heavy atom. The van der Waals surface area contributed by atoms with Crippen LogP contribution in [0.25, 0.3) is 0 Å². The summed E-state index contributed by atoms with van der Waals surface area (Å²) in [6, 6.07) is 4.33. The molecule has 4 nitrogen and oxygen atoms in total. The van der Waals surface area contributed by atoms with Gasteiger partial charge in [0.2, 0.25) is 0 Å². The lowest BCUT2D eigenvalue weighted by molar-refractivity contribution is 0.383. The molecule has 0 radical (unpaired) electrons. The Balaban J connectivity index is 2.00. The normalized spacial score (nSPS) is 17.3. The smallest absolute Gasteiger partial charge is 0.252 e. The Morgan fingerprint density at radius 3 is 2.81 bits per heavy atom. The first-order valence-electron chi connectivity index (χ1n) is 7.24. The predicted molar refractivity (Wildman–Crippen MR) is 91.6 cm³/mol. The van der Waals surface area contributed by atoms with Crippen molar-refractivity contribution in [1.29, 1.82) is 0 Å². The van der Waals surface area contributed by atoms with Crippen molar-refractivity contribution in [3.8, 4) is 0 Å². The fraction of sp³-hybridized carbons (Fsp3) is 0.714. The van der Waals surface area contributed by atoms with E-state index in [1.54, 1.807) is 24.9 Å². The molecule has 1 aromatic rings. The van der Waals surface area contributed by atoms with Crippen molar-refractivity contribution in [2.24, 2.45) is 0 Å². The van der Waals surface area contributed by atoms with E-state index in [1.165, 1.54) is 28.5 Å². The van der Waals surface area contributed by atoms with E-state index >= 15 is 0 Å². The number of thiophene rings is 1. The molecule has 1 aliphatic carbocycles. The van der Waals surface area contributed by atoms with E-state index in [0.717, 1.165) is 23.6 Å². The Morgan fingerprint density at radius 1 is 1.48 bits per heavy atom. The van der Waals surface area contributed by atoms with Crippen LogP contribution >= 0.6 is 23.1 Å². The van der Waals surface area contributed by atoms with Gasteiger partial charge in [0.15, 0.2) is 0 Å². The fourth-order valence-electron chi connectivity index (χ4n) is 1.97. The average molecular weight is 349 g/mol. The monoisotopic (exact) mass is 348 g/mol. The SMILES string of the molecule is CSCCC(C)N(C)S(=O)(=O)c1ccc(CNC2CC2)s1. The maximum absolute atomic E-state index is 12.6. The molecule has 1 saturated carbocycles. The van der Waals surface area contributed by atoms with Crippen molar-refractivity contribution in [2.75, 3.05) is 19.1 Å². The molecule has 1 N–H and O–H groups in total. The second-order valence-electron chi connectivity index (χ2n) is 5.53. The summed E-state index contributed by atoms with van der Waals surface area (Å²) in [4.78, 5) is 1.09. The number of hydrogen-bond acceptors (Lipinski definition) is 5. The highest BCUT2D eigenvalue weighted by molar-refractivity contribution is 7.98. The largest absolute Gasteiger partial charge is 0.309 e. The molecule has 1 heterocycles. The molecule has 1 fully saturated rings. The van der Waals surface area contributed by atoms with Crippen LogP contribution in [-0.4, -0.2) is 43.9 Å². The third-order valence-corrected chi connectivity index (χ3v) is 7.94. The van der Waals surface area contributed by atoms with Gasteiger partial charge in [-0.3, -0.25) is 0 Å². The summed E-state index contributed by atoms with van der Waals surface area (Å²) in [5, 5.41) is 3.42. The predicted octanol–water partition coefficient (Wildman–Crippen LogP) is 2.76. The molecule has 120 valence electrons. The summed E-state index contributed by atoms with van der Waals surface area (Å²) < 4.78 is 27.2. The zero-order valence-electron chi connectivity index (χ0n) is 12.8. The Kier molecular flexibility index (Phi) is 6.14. The zero-order valence-corrected chi connectivity index (χ0v) is 15.3. The molecule has 1 aromatic heterocycles. The molecule has 0 amide bonds. The maximum atomic E-state index is 12.6. The Labute approximate surface area is 136 Å². The van der Waals surface area contributed by atoms with Gasteiger partial charge in [0.1, 0.15) is 4.21 Å². The highest BCUT2D eigenvalue weighted by Gasteiger charge is 2.27. The molecule has 0 aromatic carbocycles. The van der Waals surface area contributed by atoms with Crippen LogP contribution in [0.2, 0.25) is 0 Å². The number of thioether (sulfide) groups is 1. The average Bonchev–Trinajstić information content (AvgIpc) is 3.17. The van der Waals surface area contributed by atoms with Crippen molar-refractivity contribution < 1.29 is 8.42 Å². The van der Waals surface area contributed by atoms with Crippen LogP contribution in [0.15, 0.2) is 16.3 Å². The summed E-state index contributed by atoms with van der Waals surface area (Å²) in [7, 11) is -1.67. The van der Waals surface area contributed by atoms with Crippen molar-refractivity contribution in [3.05, 3.63) is 17.0 Å². The molecular weight excluding hydrogens is 324 g/mol. The van der Waals surface area contributed by atoms with Crippen molar-refractivity contribution in [1.82, 2.24) is 9.62 Å². The van der Waals surface area contributed by atoms with Gasteiger partial charge in [-0.05, 0) is 50.3 Å². The number of nitrogens with zero attached hydrogens (tertiary/aromatic N) is 1. The minimum Gasteiger partial charge on any atom is -0.309 e. The lowest BCUT2D eigenvalue weighted by Gasteiger charge is -2.23. The van der Waals surface area contributed by atoms with Crippen molar-refractivity contribution >= 4 is 33.1 Å². The summed E-state index contributed by atoms with van der Waals surface area (Å²) >= 11 is 3.13. The maximum Gasteiger partial charge on any atom is 0.252 e. The Bertz CT molecular complexity index is 552. The summed E-state index contributed by atoms with van der Waals surface area (Å²) in [5.74, 6) is 0.974. The van der Waals surface area contributed by atoms with Gasteiger partial charge in [-0.25, -0.2) is 8.42 Å². The van der Waals surface area contributed by atoms with Gasteiger partial charge in [0.25, 0.3) is 10.0 Å². The molecule has 0 aliphatic heterocycles. The highest BCUT2D eigenvalue weighted by Crippen LogP contribution is 2.27. The summed E-state index contributed by atoms with van der Waals surface area (Å²) in [6.45, 7) is 2.74. The van der Waals surface area contributed by atoms with E-state index in [-0.39, 0.29) is 6.04 Å². The van der Waals surface area contributed by atoms with Crippen LogP contribution in [0.5, 0.6) is 0 Å². The molecule has 1 atom stereocenters. The van der Waals surface area contributed by atoms with E-state index < -0.39 is 10.0 Å². The molecule has 0 saturated heterocycles. The van der Waals surface area contributed by atoms with Crippen LogP contribution in [0.3, 0.4) is 0 Å². The van der Waals surface area contributed by atoms with E-state index in [2.05, 4.69) is 5.32 Å². The third kappa shape index (κ3) is 4.69. The molecular formula is C14H24N2O2S3. The second kappa shape index (κ2) is 7.46. The van der Waals surface area contributed by atoms with Gasteiger partial charge in [0.05, 0.1) is 0 Å². The minimum atomic E-state index is -3.36. The van der Waals surface area contributed by atoms with E-state index in [4.69, 9.17) is 0 Å². The van der Waals surface area contributed by atoms with Gasteiger partial charge in [-0.2, -0.15) is 16.1 Å². The van der Waals surface area contributed by atoms with E-state index in [9.17, 15) is 8.42 Å². The first kappa shape index (κ1) is 17.3. The second-order valence-corrected chi connectivity index (χ2v) is 9.91. The van der Waals surface area contributed by atoms with Gasteiger partial charge in [-0.1, -0.05) is 0 Å². The lowest BCUT2D eigenvalue weighted by atomic mass is 10.3. The first-order valence-corrected chi connectivity index (χ1v) is 10.9. The van der Waals surface area contributed by atoms with Crippen molar-refractivity contribution in [2.45, 2.75) is 49.0 Å². The first-order chi connectivity index (χ1) is 9.95. The number of nitrogens with one attached hydrogen (secondary N) is 1. The van der Waals surface area contributed by atoms with Crippen LogP contribution < -0.4 is 5.32 Å². The standard InChI is InChI=1S/C14H24N2O2S3/c1-11(8-9-19-3)16(2)21(17,18)14-7-6-13(20-14)10-15-12-4-5-12/h6-7,11-12,15H,4-5,8-10H2,1-3H3. The third-order valence-electron chi connectivity index (χ3n) is 3.77. The van der Waals surface area contributed by atoms with Crippen LogP contribution in [-0.2, 0) is 16.6 Å². The van der Waals surface area contributed by atoms with E-state index in [0.29, 0.717) is 10.3 Å². The molecule has 1 unspecified atom stereocenters. The topological polar surface area (TPSA) is 49.4 Å². The summed E-state index contributed by atoms with van der Waals surface area (Å²) in [5.41, 5.74) is 0. The van der Waals surface area contributed by atoms with E-state index in [1.807, 2.05) is 19.2 Å². The number of sulfonamides is 1.